The first-order valence-corrected chi connectivity index (χ1v) is 5.29. The zero-order chi connectivity index (χ0) is 11.4. The summed E-state index contributed by atoms with van der Waals surface area (Å²) >= 11 is 3.24. The molecule has 0 radical (unpaired) electrons. The lowest BCUT2D eigenvalue weighted by Crippen LogP contribution is -2.20. The van der Waals surface area contributed by atoms with Gasteiger partial charge in [0.2, 0.25) is 0 Å². The van der Waals surface area contributed by atoms with Crippen LogP contribution in [0.3, 0.4) is 0 Å². The van der Waals surface area contributed by atoms with Crippen LogP contribution in [0.5, 0.6) is 0 Å². The van der Waals surface area contributed by atoms with Crippen molar-refractivity contribution < 1.29 is 19.8 Å². The number of hydrogen-bond acceptors (Lipinski definition) is 2. The number of benzene rings is 1. The van der Waals surface area contributed by atoms with Gasteiger partial charge in [0, 0.05) is 5.33 Å². The molecule has 0 aliphatic rings. The molecular formula is C10H9BrO4. The summed E-state index contributed by atoms with van der Waals surface area (Å²) in [5, 5.41) is 18.1. The van der Waals surface area contributed by atoms with Crippen LogP contribution < -0.4 is 0 Å². The molecule has 0 heterocycles. The summed E-state index contributed by atoms with van der Waals surface area (Å²) in [5.74, 6) is -4.20. The van der Waals surface area contributed by atoms with Crippen molar-refractivity contribution in [1.82, 2.24) is 0 Å². The Morgan fingerprint density at radius 1 is 1.13 bits per heavy atom. The molecule has 1 rings (SSSR count). The van der Waals surface area contributed by atoms with Crippen LogP contribution in [-0.2, 0) is 14.9 Å². The van der Waals surface area contributed by atoms with Gasteiger partial charge in [0.1, 0.15) is 0 Å². The minimum Gasteiger partial charge on any atom is -0.480 e. The summed E-state index contributed by atoms with van der Waals surface area (Å²) < 4.78 is 0. The van der Waals surface area contributed by atoms with Crippen LogP contribution in [-0.4, -0.2) is 22.2 Å². The van der Waals surface area contributed by atoms with Gasteiger partial charge in [-0.15, -0.1) is 0 Å². The van der Waals surface area contributed by atoms with Gasteiger partial charge in [-0.25, -0.2) is 0 Å². The van der Waals surface area contributed by atoms with Crippen LogP contribution in [0.4, 0.5) is 0 Å². The zero-order valence-electron chi connectivity index (χ0n) is 7.68. The van der Waals surface area contributed by atoms with Gasteiger partial charge in [-0.1, -0.05) is 40.2 Å². The molecule has 0 saturated carbocycles. The molecular weight excluding hydrogens is 264 g/mol. The molecule has 1 aromatic rings. The monoisotopic (exact) mass is 272 g/mol. The lowest BCUT2D eigenvalue weighted by Gasteiger charge is -2.07. The van der Waals surface area contributed by atoms with E-state index >= 15 is 0 Å². The molecule has 15 heavy (non-hydrogen) atoms. The predicted octanol–water partition coefficient (Wildman–Crippen LogP) is 1.83. The van der Waals surface area contributed by atoms with Gasteiger partial charge in [0.15, 0.2) is 5.92 Å². The molecule has 5 heteroatoms. The highest BCUT2D eigenvalue weighted by molar-refractivity contribution is 9.08. The second-order valence-corrected chi connectivity index (χ2v) is 3.55. The van der Waals surface area contributed by atoms with Gasteiger partial charge >= 0.3 is 11.9 Å². The fourth-order valence-electron chi connectivity index (χ4n) is 1.19. The Bertz CT molecular complexity index is 358. The van der Waals surface area contributed by atoms with Gasteiger partial charge in [0.25, 0.3) is 0 Å². The minimum absolute atomic E-state index is 0.278. The van der Waals surface area contributed by atoms with Gasteiger partial charge in [-0.05, 0) is 11.1 Å². The quantitative estimate of drug-likeness (QED) is 0.648. The van der Waals surface area contributed by atoms with Crippen LogP contribution in [0, 0.1) is 0 Å². The smallest absolute Gasteiger partial charge is 0.322 e. The Labute approximate surface area is 94.7 Å². The van der Waals surface area contributed by atoms with Crippen LogP contribution in [0.2, 0.25) is 0 Å². The Morgan fingerprint density at radius 3 is 1.93 bits per heavy atom. The molecule has 0 atom stereocenters. The van der Waals surface area contributed by atoms with Crippen molar-refractivity contribution in [3.05, 3.63) is 35.4 Å². The summed E-state index contributed by atoms with van der Waals surface area (Å²) in [6.45, 7) is 0. The van der Waals surface area contributed by atoms with Crippen molar-refractivity contribution >= 4 is 27.9 Å². The second-order valence-electron chi connectivity index (χ2n) is 2.98. The molecule has 0 bridgehead atoms. The average molecular weight is 273 g/mol. The van der Waals surface area contributed by atoms with Gasteiger partial charge < -0.3 is 10.2 Å². The van der Waals surface area contributed by atoms with Crippen LogP contribution in [0.15, 0.2) is 24.3 Å². The summed E-state index contributed by atoms with van der Waals surface area (Å²) in [4.78, 5) is 21.4. The molecule has 0 saturated heterocycles. The molecule has 0 aliphatic heterocycles. The number of halogens is 1. The Morgan fingerprint density at radius 2 is 1.60 bits per heavy atom. The first kappa shape index (κ1) is 11.7. The summed E-state index contributed by atoms with van der Waals surface area (Å²) in [7, 11) is 0. The molecule has 0 unspecified atom stereocenters. The summed E-state index contributed by atoms with van der Waals surface area (Å²) in [5.41, 5.74) is 1.24. The van der Waals surface area contributed by atoms with Crippen molar-refractivity contribution in [1.29, 1.82) is 0 Å². The maximum atomic E-state index is 10.7. The summed E-state index contributed by atoms with van der Waals surface area (Å²) in [6, 6.07) is 6.43. The highest BCUT2D eigenvalue weighted by atomic mass is 79.9. The van der Waals surface area contributed by atoms with E-state index in [2.05, 4.69) is 15.9 Å². The number of hydrogen-bond donors (Lipinski definition) is 2. The third-order valence-electron chi connectivity index (χ3n) is 1.96. The van der Waals surface area contributed by atoms with E-state index in [0.717, 1.165) is 5.56 Å². The van der Waals surface area contributed by atoms with E-state index in [1.54, 1.807) is 12.1 Å². The fraction of sp³-hybridized carbons (Fsp3) is 0.200. The molecule has 0 spiro atoms. The average Bonchev–Trinajstić information content (AvgIpc) is 2.18. The van der Waals surface area contributed by atoms with Crippen LogP contribution >= 0.6 is 15.9 Å². The van der Waals surface area contributed by atoms with Gasteiger partial charge in [0.05, 0.1) is 0 Å². The normalized spacial score (nSPS) is 10.3. The van der Waals surface area contributed by atoms with E-state index in [1.165, 1.54) is 12.1 Å². The molecule has 1 aromatic carbocycles. The maximum Gasteiger partial charge on any atom is 0.322 e. The molecule has 80 valence electrons. The highest BCUT2D eigenvalue weighted by Gasteiger charge is 2.27. The van der Waals surface area contributed by atoms with Crippen molar-refractivity contribution in [2.45, 2.75) is 11.2 Å². The van der Waals surface area contributed by atoms with E-state index < -0.39 is 17.9 Å². The Hall–Kier alpha value is -1.36. The summed E-state index contributed by atoms with van der Waals surface area (Å²) in [6.07, 6.45) is 0. The van der Waals surface area contributed by atoms with Crippen molar-refractivity contribution in [2.75, 3.05) is 0 Å². The van der Waals surface area contributed by atoms with Crippen molar-refractivity contribution in [3.63, 3.8) is 0 Å². The second kappa shape index (κ2) is 4.93. The zero-order valence-corrected chi connectivity index (χ0v) is 9.27. The number of carbonyl (C=O) groups is 2. The molecule has 4 nitrogen and oxygen atoms in total. The molecule has 0 amide bonds. The van der Waals surface area contributed by atoms with E-state index in [4.69, 9.17) is 10.2 Å². The van der Waals surface area contributed by atoms with E-state index in [-0.39, 0.29) is 5.56 Å². The highest BCUT2D eigenvalue weighted by Crippen LogP contribution is 2.18. The van der Waals surface area contributed by atoms with E-state index in [9.17, 15) is 9.59 Å². The number of carboxylic acid groups (broad SMARTS) is 2. The first-order valence-electron chi connectivity index (χ1n) is 4.16. The Balaban J connectivity index is 3.02. The molecule has 0 fully saturated rings. The third-order valence-corrected chi connectivity index (χ3v) is 2.61. The molecule has 2 N–H and O–H groups in total. The SMILES string of the molecule is O=C(O)C(C(=O)O)c1ccc(CBr)cc1. The fourth-order valence-corrected chi connectivity index (χ4v) is 1.56. The predicted molar refractivity (Wildman–Crippen MR) is 57.1 cm³/mol. The number of alkyl halides is 1. The van der Waals surface area contributed by atoms with E-state index in [1.807, 2.05) is 0 Å². The van der Waals surface area contributed by atoms with Crippen molar-refractivity contribution in [3.8, 4) is 0 Å². The number of rotatable bonds is 4. The van der Waals surface area contributed by atoms with Gasteiger partial charge in [-0.2, -0.15) is 0 Å². The topological polar surface area (TPSA) is 74.6 Å². The third kappa shape index (κ3) is 2.79. The number of carboxylic acids is 2. The largest absolute Gasteiger partial charge is 0.480 e. The Kier molecular flexibility index (Phi) is 3.85. The van der Waals surface area contributed by atoms with E-state index in [0.29, 0.717) is 5.33 Å². The van der Waals surface area contributed by atoms with Gasteiger partial charge in [-0.3, -0.25) is 9.59 Å². The first-order chi connectivity index (χ1) is 7.06. The lowest BCUT2D eigenvalue weighted by atomic mass is 9.98. The number of aliphatic carboxylic acids is 2. The molecule has 0 aromatic heterocycles. The minimum atomic E-state index is -1.49. The maximum absolute atomic E-state index is 10.7. The lowest BCUT2D eigenvalue weighted by molar-refractivity contribution is -0.150. The standard InChI is InChI=1S/C10H9BrO4/c11-5-6-1-3-7(4-2-6)8(9(12)13)10(14)15/h1-4,8H,5H2,(H,12,13)(H,14,15). The van der Waals surface area contributed by atoms with Crippen LogP contribution in [0.1, 0.15) is 17.0 Å². The van der Waals surface area contributed by atoms with Crippen LogP contribution in [0.25, 0.3) is 0 Å². The molecule has 0 aliphatic carbocycles. The van der Waals surface area contributed by atoms with Crippen molar-refractivity contribution in [2.24, 2.45) is 0 Å².